The Bertz CT molecular complexity index is 1340. The van der Waals surface area contributed by atoms with E-state index < -0.39 is 4.92 Å². The van der Waals surface area contributed by atoms with Crippen molar-refractivity contribution >= 4 is 39.0 Å². The summed E-state index contributed by atoms with van der Waals surface area (Å²) in [6.07, 6.45) is 4.71. The van der Waals surface area contributed by atoms with Gasteiger partial charge < -0.3 is 4.98 Å². The number of nitro groups is 1. The van der Waals surface area contributed by atoms with Gasteiger partial charge in [0.2, 0.25) is 0 Å². The zero-order chi connectivity index (χ0) is 21.4. The molecule has 0 bridgehead atoms. The molecular formula is C23H19N3O3S2. The van der Waals surface area contributed by atoms with Gasteiger partial charge in [0.1, 0.15) is 4.83 Å². The number of nitro benzene ring substituents is 1. The van der Waals surface area contributed by atoms with Crippen LogP contribution in [0.4, 0.5) is 5.69 Å². The first-order chi connectivity index (χ1) is 15.1. The van der Waals surface area contributed by atoms with Gasteiger partial charge in [-0.3, -0.25) is 14.9 Å². The highest BCUT2D eigenvalue weighted by Gasteiger charge is 2.16. The van der Waals surface area contributed by atoms with E-state index in [2.05, 4.69) is 28.2 Å². The van der Waals surface area contributed by atoms with Crippen molar-refractivity contribution < 1.29 is 4.92 Å². The predicted molar refractivity (Wildman–Crippen MR) is 125 cm³/mol. The third kappa shape index (κ3) is 4.00. The lowest BCUT2D eigenvalue weighted by Gasteiger charge is -2.16. The van der Waals surface area contributed by atoms with Gasteiger partial charge >= 0.3 is 0 Å². The van der Waals surface area contributed by atoms with Crippen LogP contribution in [0.25, 0.3) is 21.3 Å². The van der Waals surface area contributed by atoms with E-state index in [0.717, 1.165) is 34.4 Å². The Hall–Kier alpha value is -2.97. The molecule has 0 unspecified atom stereocenters. The molecule has 0 aliphatic heterocycles. The number of non-ortho nitro benzene ring substituents is 1. The summed E-state index contributed by atoms with van der Waals surface area (Å²) < 4.78 is 0. The number of hydrogen-bond acceptors (Lipinski definition) is 6. The topological polar surface area (TPSA) is 88.9 Å². The summed E-state index contributed by atoms with van der Waals surface area (Å²) in [4.78, 5) is 31.5. The molecule has 0 saturated heterocycles. The number of nitrogens with one attached hydrogen (secondary N) is 1. The van der Waals surface area contributed by atoms with Crippen LogP contribution in [-0.2, 0) is 18.6 Å². The summed E-state index contributed by atoms with van der Waals surface area (Å²) >= 11 is 2.89. The van der Waals surface area contributed by atoms with Crippen molar-refractivity contribution in [2.75, 3.05) is 0 Å². The Kier molecular flexibility index (Phi) is 5.33. The summed E-state index contributed by atoms with van der Waals surface area (Å²) in [7, 11) is 0. The number of benzene rings is 2. The molecule has 4 aromatic rings. The average Bonchev–Trinajstić information content (AvgIpc) is 3.22. The van der Waals surface area contributed by atoms with Crippen molar-refractivity contribution in [3.63, 3.8) is 0 Å². The van der Waals surface area contributed by atoms with Gasteiger partial charge in [-0.25, -0.2) is 4.98 Å². The number of hydrogen-bond donors (Lipinski definition) is 1. The highest BCUT2D eigenvalue weighted by molar-refractivity contribution is 7.98. The molecule has 2 aromatic carbocycles. The monoisotopic (exact) mass is 449 g/mol. The van der Waals surface area contributed by atoms with Crippen molar-refractivity contribution in [3.8, 4) is 11.1 Å². The summed E-state index contributed by atoms with van der Waals surface area (Å²) in [5.41, 5.74) is 5.69. The molecule has 1 N–H and O–H groups in total. The second-order valence-corrected chi connectivity index (χ2v) is 9.43. The quantitative estimate of drug-likeness (QED) is 0.182. The molecule has 8 heteroatoms. The lowest BCUT2D eigenvalue weighted by Crippen LogP contribution is -2.09. The van der Waals surface area contributed by atoms with Gasteiger partial charge in [0.15, 0.2) is 5.16 Å². The Balaban J connectivity index is 1.41. The van der Waals surface area contributed by atoms with Gasteiger partial charge in [-0.05, 0) is 47.9 Å². The number of aryl methyl sites for hydroxylation is 2. The molecule has 2 aromatic heterocycles. The first-order valence-corrected chi connectivity index (χ1v) is 11.9. The van der Waals surface area contributed by atoms with Crippen molar-refractivity contribution in [3.05, 3.63) is 85.0 Å². The lowest BCUT2D eigenvalue weighted by molar-refractivity contribution is -0.384. The van der Waals surface area contributed by atoms with Crippen LogP contribution >= 0.6 is 23.1 Å². The minimum Gasteiger partial charge on any atom is -0.301 e. The van der Waals surface area contributed by atoms with E-state index >= 15 is 0 Å². The van der Waals surface area contributed by atoms with Crippen LogP contribution in [0, 0.1) is 10.1 Å². The third-order valence-corrected chi connectivity index (χ3v) is 7.42. The molecule has 1 aliphatic rings. The number of nitrogens with zero attached hydrogens (tertiary/aromatic N) is 2. The van der Waals surface area contributed by atoms with E-state index in [-0.39, 0.29) is 11.2 Å². The molecule has 0 saturated carbocycles. The maximum atomic E-state index is 12.9. The maximum Gasteiger partial charge on any atom is 0.269 e. The number of fused-ring (bicyclic) bond motifs is 2. The van der Waals surface area contributed by atoms with Crippen molar-refractivity contribution in [2.45, 2.75) is 36.6 Å². The fraction of sp³-hybridized carbons (Fsp3) is 0.217. The SMILES string of the molecule is O=c1[nH]c(SCc2ccc([N+](=O)[O-])cc2)nc2scc(-c3ccc4c(c3)CCCC4)c12. The Labute approximate surface area is 186 Å². The summed E-state index contributed by atoms with van der Waals surface area (Å²) in [5, 5.41) is 14.0. The second kappa shape index (κ2) is 8.28. The standard InChI is InChI=1S/C23H19N3O3S2/c27-21-20-19(17-8-7-15-3-1-2-4-16(15)11-17)13-30-22(20)25-23(24-21)31-12-14-5-9-18(10-6-14)26(28)29/h5-11,13H,1-4,12H2,(H,24,25,27). The van der Waals surface area contributed by atoms with E-state index in [1.54, 1.807) is 12.1 Å². The van der Waals surface area contributed by atoms with Crippen molar-refractivity contribution in [1.29, 1.82) is 0 Å². The number of thiophene rings is 1. The molecule has 31 heavy (non-hydrogen) atoms. The van der Waals surface area contributed by atoms with E-state index in [0.29, 0.717) is 16.3 Å². The Morgan fingerprint density at radius 3 is 2.65 bits per heavy atom. The lowest BCUT2D eigenvalue weighted by atomic mass is 9.89. The normalized spacial score (nSPS) is 13.3. The van der Waals surface area contributed by atoms with Gasteiger partial charge in [-0.15, -0.1) is 11.3 Å². The van der Waals surface area contributed by atoms with Crippen LogP contribution < -0.4 is 5.56 Å². The molecule has 0 radical (unpaired) electrons. The minimum absolute atomic E-state index is 0.0648. The van der Waals surface area contributed by atoms with Gasteiger partial charge in [0.05, 0.1) is 10.3 Å². The zero-order valence-electron chi connectivity index (χ0n) is 16.6. The Morgan fingerprint density at radius 2 is 1.87 bits per heavy atom. The number of aromatic nitrogens is 2. The Morgan fingerprint density at radius 1 is 1.10 bits per heavy atom. The number of aromatic amines is 1. The van der Waals surface area contributed by atoms with E-state index in [1.807, 2.05) is 5.38 Å². The van der Waals surface area contributed by atoms with Crippen LogP contribution in [-0.4, -0.2) is 14.9 Å². The maximum absolute atomic E-state index is 12.9. The van der Waals surface area contributed by atoms with Crippen molar-refractivity contribution in [1.82, 2.24) is 9.97 Å². The van der Waals surface area contributed by atoms with Crippen molar-refractivity contribution in [2.24, 2.45) is 0 Å². The van der Waals surface area contributed by atoms with E-state index in [1.165, 1.54) is 59.2 Å². The fourth-order valence-corrected chi connectivity index (χ4v) is 5.80. The number of rotatable bonds is 5. The predicted octanol–water partition coefficient (Wildman–Crippen LogP) is 5.73. The van der Waals surface area contributed by atoms with Crippen LogP contribution in [0.2, 0.25) is 0 Å². The van der Waals surface area contributed by atoms with Crippen LogP contribution in [0.5, 0.6) is 0 Å². The summed E-state index contributed by atoms with van der Waals surface area (Å²) in [6.45, 7) is 0. The molecular weight excluding hydrogens is 430 g/mol. The largest absolute Gasteiger partial charge is 0.301 e. The van der Waals surface area contributed by atoms with Gasteiger partial charge in [0.25, 0.3) is 11.2 Å². The highest BCUT2D eigenvalue weighted by atomic mass is 32.2. The van der Waals surface area contributed by atoms with E-state index in [9.17, 15) is 14.9 Å². The first-order valence-electron chi connectivity index (χ1n) is 10.1. The molecule has 0 atom stereocenters. The number of thioether (sulfide) groups is 1. The van der Waals surface area contributed by atoms with Gasteiger partial charge in [-0.2, -0.15) is 0 Å². The number of H-pyrrole nitrogens is 1. The summed E-state index contributed by atoms with van der Waals surface area (Å²) in [6, 6.07) is 13.0. The average molecular weight is 450 g/mol. The molecule has 1 aliphatic carbocycles. The third-order valence-electron chi connectivity index (χ3n) is 5.60. The minimum atomic E-state index is -0.416. The van der Waals surface area contributed by atoms with Crippen LogP contribution in [0.15, 0.2) is 57.8 Å². The summed E-state index contributed by atoms with van der Waals surface area (Å²) in [5.74, 6) is 0.565. The molecule has 0 fully saturated rings. The van der Waals surface area contributed by atoms with Gasteiger partial charge in [0, 0.05) is 28.8 Å². The molecule has 2 heterocycles. The highest BCUT2D eigenvalue weighted by Crippen LogP contribution is 2.34. The van der Waals surface area contributed by atoms with Crippen LogP contribution in [0.1, 0.15) is 29.5 Å². The van der Waals surface area contributed by atoms with Gasteiger partial charge in [-0.1, -0.05) is 42.1 Å². The smallest absolute Gasteiger partial charge is 0.269 e. The van der Waals surface area contributed by atoms with Crippen LogP contribution in [0.3, 0.4) is 0 Å². The second-order valence-electron chi connectivity index (χ2n) is 7.60. The first kappa shape index (κ1) is 20.0. The molecule has 156 valence electrons. The van der Waals surface area contributed by atoms with E-state index in [4.69, 9.17) is 0 Å². The molecule has 0 amide bonds. The zero-order valence-corrected chi connectivity index (χ0v) is 18.2. The molecule has 6 nitrogen and oxygen atoms in total. The molecule has 0 spiro atoms. The fourth-order valence-electron chi connectivity index (χ4n) is 3.98. The molecule has 5 rings (SSSR count).